The Bertz CT molecular complexity index is 1140. The van der Waals surface area contributed by atoms with Crippen molar-refractivity contribution in [3.8, 4) is 5.69 Å². The van der Waals surface area contributed by atoms with Crippen LogP contribution in [0, 0.1) is 13.8 Å². The van der Waals surface area contributed by atoms with Gasteiger partial charge in [-0.3, -0.25) is 4.79 Å². The Labute approximate surface area is 174 Å². The minimum Gasteiger partial charge on any atom is -0.351 e. The van der Waals surface area contributed by atoms with Crippen LogP contribution in [0.1, 0.15) is 21.5 Å². The van der Waals surface area contributed by atoms with Crippen LogP contribution in [-0.2, 0) is 10.0 Å². The highest BCUT2D eigenvalue weighted by Crippen LogP contribution is 2.16. The second kappa shape index (κ2) is 8.77. The summed E-state index contributed by atoms with van der Waals surface area (Å²) in [6.07, 6.45) is 3.03. The van der Waals surface area contributed by atoms with E-state index in [2.05, 4.69) is 15.1 Å². The molecule has 0 fully saturated rings. The number of hydrogen-bond donors (Lipinski definition) is 2. The smallest absolute Gasteiger partial charge is 0.254 e. The molecule has 0 aliphatic carbocycles. The van der Waals surface area contributed by atoms with Crippen LogP contribution in [0.4, 0.5) is 0 Å². The molecule has 9 heteroatoms. The second-order valence-corrected chi connectivity index (χ2v) is 8.75. The second-order valence-electron chi connectivity index (χ2n) is 6.58. The van der Waals surface area contributed by atoms with Crippen molar-refractivity contribution in [3.05, 3.63) is 76.6 Å². The zero-order chi connectivity index (χ0) is 21.0. The maximum Gasteiger partial charge on any atom is 0.254 e. The van der Waals surface area contributed by atoms with Crippen molar-refractivity contribution in [1.82, 2.24) is 19.8 Å². The lowest BCUT2D eigenvalue weighted by atomic mass is 10.2. The highest BCUT2D eigenvalue weighted by Gasteiger charge is 2.16. The summed E-state index contributed by atoms with van der Waals surface area (Å²) in [5.74, 6) is -0.343. The third kappa shape index (κ3) is 5.23. The van der Waals surface area contributed by atoms with E-state index in [-0.39, 0.29) is 23.9 Å². The molecule has 0 atom stereocenters. The molecule has 3 aromatic rings. The summed E-state index contributed by atoms with van der Waals surface area (Å²) in [5.41, 5.74) is 2.63. The van der Waals surface area contributed by atoms with Gasteiger partial charge in [0.25, 0.3) is 5.91 Å². The van der Waals surface area contributed by atoms with Crippen molar-refractivity contribution in [3.63, 3.8) is 0 Å². The molecule has 2 N–H and O–H groups in total. The van der Waals surface area contributed by atoms with Crippen molar-refractivity contribution in [1.29, 1.82) is 0 Å². The molecule has 0 radical (unpaired) electrons. The van der Waals surface area contributed by atoms with Crippen LogP contribution in [0.25, 0.3) is 5.69 Å². The number of aromatic nitrogens is 2. The lowest BCUT2D eigenvalue weighted by Gasteiger charge is -2.10. The maximum absolute atomic E-state index is 12.5. The van der Waals surface area contributed by atoms with Crippen LogP contribution in [0.5, 0.6) is 0 Å². The first-order valence-electron chi connectivity index (χ1n) is 8.92. The molecular weight excluding hydrogens is 412 g/mol. The molecule has 29 heavy (non-hydrogen) atoms. The summed E-state index contributed by atoms with van der Waals surface area (Å²) in [5, 5.41) is 7.41. The molecule has 0 bridgehead atoms. The fraction of sp³-hybridized carbons (Fsp3) is 0.200. The van der Waals surface area contributed by atoms with Gasteiger partial charge in [0.1, 0.15) is 0 Å². The first-order valence-corrected chi connectivity index (χ1v) is 10.8. The third-order valence-electron chi connectivity index (χ3n) is 4.25. The molecular formula is C20H21ClN4O3S. The SMILES string of the molecule is Cc1ccc(C)c(S(=O)(=O)NCCNC(=O)c2cnn(-c3cccc(Cl)c3)c2)c1. The summed E-state index contributed by atoms with van der Waals surface area (Å²) < 4.78 is 29.0. The van der Waals surface area contributed by atoms with Crippen LogP contribution in [0.3, 0.4) is 0 Å². The monoisotopic (exact) mass is 432 g/mol. The first kappa shape index (κ1) is 21.0. The molecule has 1 aromatic heterocycles. The Morgan fingerprint density at radius 3 is 2.69 bits per heavy atom. The molecule has 152 valence electrons. The van der Waals surface area contributed by atoms with E-state index in [9.17, 15) is 13.2 Å². The molecule has 1 amide bonds. The Balaban J connectivity index is 1.56. The molecule has 7 nitrogen and oxygen atoms in total. The van der Waals surface area contributed by atoms with E-state index in [4.69, 9.17) is 11.6 Å². The van der Waals surface area contributed by atoms with Gasteiger partial charge in [-0.2, -0.15) is 5.10 Å². The molecule has 0 aliphatic heterocycles. The van der Waals surface area contributed by atoms with Crippen molar-refractivity contribution in [2.24, 2.45) is 0 Å². The minimum absolute atomic E-state index is 0.0733. The number of benzene rings is 2. The van der Waals surface area contributed by atoms with Crippen LogP contribution >= 0.6 is 11.6 Å². The average Bonchev–Trinajstić information content (AvgIpc) is 3.17. The van der Waals surface area contributed by atoms with Gasteiger partial charge in [-0.15, -0.1) is 0 Å². The van der Waals surface area contributed by atoms with Gasteiger partial charge in [0, 0.05) is 24.3 Å². The number of carbonyl (C=O) groups excluding carboxylic acids is 1. The zero-order valence-electron chi connectivity index (χ0n) is 16.0. The zero-order valence-corrected chi connectivity index (χ0v) is 17.6. The molecule has 1 heterocycles. The van der Waals surface area contributed by atoms with Gasteiger partial charge in [0.05, 0.1) is 22.3 Å². The van der Waals surface area contributed by atoms with Crippen LogP contribution in [0.15, 0.2) is 59.8 Å². The lowest BCUT2D eigenvalue weighted by Crippen LogP contribution is -2.34. The van der Waals surface area contributed by atoms with E-state index in [1.54, 1.807) is 48.1 Å². The van der Waals surface area contributed by atoms with Crippen molar-refractivity contribution < 1.29 is 13.2 Å². The van der Waals surface area contributed by atoms with Crippen molar-refractivity contribution >= 4 is 27.5 Å². The summed E-state index contributed by atoms with van der Waals surface area (Å²) >= 11 is 5.97. The van der Waals surface area contributed by atoms with Crippen LogP contribution in [0.2, 0.25) is 5.02 Å². The highest BCUT2D eigenvalue weighted by molar-refractivity contribution is 7.89. The van der Waals surface area contributed by atoms with E-state index >= 15 is 0 Å². The van der Waals surface area contributed by atoms with Gasteiger partial charge >= 0.3 is 0 Å². The van der Waals surface area contributed by atoms with Gasteiger partial charge in [-0.25, -0.2) is 17.8 Å². The van der Waals surface area contributed by atoms with Gasteiger partial charge in [0.15, 0.2) is 0 Å². The summed E-state index contributed by atoms with van der Waals surface area (Å²) in [6.45, 7) is 3.80. The fourth-order valence-corrected chi connectivity index (χ4v) is 4.28. The molecule has 0 saturated heterocycles. The molecule has 0 unspecified atom stereocenters. The third-order valence-corrected chi connectivity index (χ3v) is 6.09. The minimum atomic E-state index is -3.64. The van der Waals surface area contributed by atoms with E-state index < -0.39 is 10.0 Å². The predicted molar refractivity (Wildman–Crippen MR) is 112 cm³/mol. The van der Waals surface area contributed by atoms with Gasteiger partial charge in [0.2, 0.25) is 10.0 Å². The van der Waals surface area contributed by atoms with E-state index in [1.165, 1.54) is 6.20 Å². The predicted octanol–water partition coefficient (Wildman–Crippen LogP) is 2.85. The summed E-state index contributed by atoms with van der Waals surface area (Å²) in [6, 6.07) is 12.4. The highest BCUT2D eigenvalue weighted by atomic mass is 35.5. The Morgan fingerprint density at radius 1 is 1.14 bits per heavy atom. The van der Waals surface area contributed by atoms with E-state index in [0.717, 1.165) is 11.3 Å². The number of rotatable bonds is 7. The molecule has 2 aromatic carbocycles. The number of nitrogens with zero attached hydrogens (tertiary/aromatic N) is 2. The molecule has 3 rings (SSSR count). The Kier molecular flexibility index (Phi) is 6.36. The molecule has 0 saturated carbocycles. The largest absolute Gasteiger partial charge is 0.351 e. The van der Waals surface area contributed by atoms with Crippen LogP contribution < -0.4 is 10.0 Å². The quantitative estimate of drug-likeness (QED) is 0.561. The summed E-state index contributed by atoms with van der Waals surface area (Å²) in [7, 11) is -3.64. The van der Waals surface area contributed by atoms with E-state index in [1.807, 2.05) is 19.1 Å². The Morgan fingerprint density at radius 2 is 1.93 bits per heavy atom. The number of amides is 1. The number of halogens is 1. The van der Waals surface area contributed by atoms with Gasteiger partial charge < -0.3 is 5.32 Å². The first-order chi connectivity index (χ1) is 13.8. The lowest BCUT2D eigenvalue weighted by molar-refractivity contribution is 0.0954. The normalized spacial score (nSPS) is 11.4. The average molecular weight is 433 g/mol. The molecule has 0 aliphatic rings. The number of nitrogens with one attached hydrogen (secondary N) is 2. The molecule has 0 spiro atoms. The number of hydrogen-bond acceptors (Lipinski definition) is 4. The number of aryl methyl sites for hydroxylation is 2. The fourth-order valence-electron chi connectivity index (χ4n) is 2.74. The standard InChI is InChI=1S/C20H21ClN4O3S/c1-14-6-7-15(2)19(10-14)29(27,28)24-9-8-22-20(26)16-12-23-25(13-16)18-5-3-4-17(21)11-18/h3-7,10-13,24H,8-9H2,1-2H3,(H,22,26). The number of sulfonamides is 1. The maximum atomic E-state index is 12.5. The van der Waals surface area contributed by atoms with Gasteiger partial charge in [-0.1, -0.05) is 29.8 Å². The van der Waals surface area contributed by atoms with Gasteiger partial charge in [-0.05, 0) is 49.2 Å². The van der Waals surface area contributed by atoms with E-state index in [0.29, 0.717) is 16.1 Å². The van der Waals surface area contributed by atoms with Crippen LogP contribution in [-0.4, -0.2) is 37.2 Å². The topological polar surface area (TPSA) is 93.1 Å². The van der Waals surface area contributed by atoms with Crippen molar-refractivity contribution in [2.75, 3.05) is 13.1 Å². The number of carbonyl (C=O) groups is 1. The van der Waals surface area contributed by atoms with Crippen molar-refractivity contribution in [2.45, 2.75) is 18.7 Å². The summed E-state index contributed by atoms with van der Waals surface area (Å²) in [4.78, 5) is 12.5. The Hall–Kier alpha value is -2.68.